The molecule has 172 valence electrons. The van der Waals surface area contributed by atoms with Gasteiger partial charge >= 0.3 is 6.03 Å². The highest BCUT2D eigenvalue weighted by molar-refractivity contribution is 7.18. The Morgan fingerprint density at radius 1 is 0.886 bits per heavy atom. The third kappa shape index (κ3) is 3.98. The minimum Gasteiger partial charge on any atom is -0.454 e. The van der Waals surface area contributed by atoms with Crippen LogP contribution in [0.2, 0.25) is 0 Å². The van der Waals surface area contributed by atoms with Gasteiger partial charge in [0, 0.05) is 57.2 Å². The molecule has 0 bridgehead atoms. The number of amides is 2. The molecule has 2 amide bonds. The molecule has 6 rings (SSSR count). The lowest BCUT2D eigenvalue weighted by molar-refractivity contribution is 0.174. The third-order valence-corrected chi connectivity index (χ3v) is 6.71. The van der Waals surface area contributed by atoms with Gasteiger partial charge in [-0.1, -0.05) is 12.1 Å². The van der Waals surface area contributed by atoms with E-state index in [-0.39, 0.29) is 12.8 Å². The summed E-state index contributed by atoms with van der Waals surface area (Å²) < 4.78 is 11.7. The van der Waals surface area contributed by atoms with Crippen molar-refractivity contribution in [1.29, 1.82) is 0 Å². The second-order valence-electron chi connectivity index (χ2n) is 7.87. The van der Waals surface area contributed by atoms with Crippen LogP contribution in [0.5, 0.6) is 11.5 Å². The smallest absolute Gasteiger partial charge is 0.323 e. The largest absolute Gasteiger partial charge is 0.454 e. The molecular weight excluding hydrogens is 462 g/mol. The Balaban J connectivity index is 1.23. The summed E-state index contributed by atoms with van der Waals surface area (Å²) in [5.41, 5.74) is 11.6. The van der Waals surface area contributed by atoms with Gasteiger partial charge in [-0.25, -0.2) is 9.78 Å². The number of fused-ring (bicyclic) bond motifs is 2. The van der Waals surface area contributed by atoms with E-state index < -0.39 is 0 Å². The van der Waals surface area contributed by atoms with Crippen molar-refractivity contribution < 1.29 is 14.3 Å². The van der Waals surface area contributed by atoms with Crippen LogP contribution in [0.15, 0.2) is 78.6 Å². The fraction of sp³-hybridized carbons (Fsp3) is 0.0385. The number of nitrogen functional groups attached to an aromatic ring is 1. The molecule has 9 heteroatoms. The van der Waals surface area contributed by atoms with Crippen LogP contribution in [0.4, 0.5) is 22.0 Å². The van der Waals surface area contributed by atoms with Gasteiger partial charge in [-0.2, -0.15) is 0 Å². The van der Waals surface area contributed by atoms with Crippen LogP contribution in [0.25, 0.3) is 32.3 Å². The van der Waals surface area contributed by atoms with Crippen molar-refractivity contribution in [3.8, 4) is 33.8 Å². The number of hydrogen-bond donors (Lipinski definition) is 3. The van der Waals surface area contributed by atoms with Gasteiger partial charge in [0.25, 0.3) is 0 Å². The predicted octanol–water partition coefficient (Wildman–Crippen LogP) is 5.98. The molecule has 0 atom stereocenters. The van der Waals surface area contributed by atoms with Gasteiger partial charge in [0.05, 0.1) is 0 Å². The molecule has 0 radical (unpaired) electrons. The van der Waals surface area contributed by atoms with Crippen molar-refractivity contribution >= 4 is 44.6 Å². The Kier molecular flexibility index (Phi) is 5.16. The van der Waals surface area contributed by atoms with Crippen LogP contribution in [0.3, 0.4) is 0 Å². The van der Waals surface area contributed by atoms with Crippen LogP contribution in [-0.2, 0) is 0 Å². The Morgan fingerprint density at radius 3 is 2.43 bits per heavy atom. The molecule has 35 heavy (non-hydrogen) atoms. The standard InChI is InChI=1S/C26H19N5O3S/c27-25-23-20(13-35-24(23)19(12-29-25)16-7-9-28-10-8-16)15-1-3-17(4-2-15)30-26(32)31-18-5-6-21-22(11-18)34-14-33-21/h1-13H,14H2,(H2,27,29)(H2,30,31,32). The predicted molar refractivity (Wildman–Crippen MR) is 138 cm³/mol. The number of benzene rings is 2. The van der Waals surface area contributed by atoms with Gasteiger partial charge in [0.2, 0.25) is 6.79 Å². The van der Waals surface area contributed by atoms with Crippen LogP contribution in [0.1, 0.15) is 0 Å². The Hall–Kier alpha value is -4.63. The molecule has 1 aliphatic heterocycles. The van der Waals surface area contributed by atoms with Crippen molar-refractivity contribution in [2.45, 2.75) is 0 Å². The molecule has 5 aromatic rings. The summed E-state index contributed by atoms with van der Waals surface area (Å²) in [7, 11) is 0. The number of thiophene rings is 1. The summed E-state index contributed by atoms with van der Waals surface area (Å²) in [6.45, 7) is 0.184. The highest BCUT2D eigenvalue weighted by Gasteiger charge is 2.16. The lowest BCUT2D eigenvalue weighted by Crippen LogP contribution is -2.19. The zero-order valence-corrected chi connectivity index (χ0v) is 19.1. The van der Waals surface area contributed by atoms with E-state index >= 15 is 0 Å². The van der Waals surface area contributed by atoms with Crippen molar-refractivity contribution in [1.82, 2.24) is 9.97 Å². The maximum Gasteiger partial charge on any atom is 0.323 e. The normalized spacial score (nSPS) is 12.0. The zero-order valence-electron chi connectivity index (χ0n) is 18.3. The SMILES string of the molecule is Nc1ncc(-c2ccncc2)c2scc(-c3ccc(NC(=O)Nc4ccc5c(c4)OCO5)cc3)c12. The first-order valence-corrected chi connectivity index (χ1v) is 11.7. The van der Waals surface area contributed by atoms with Crippen molar-refractivity contribution in [2.75, 3.05) is 23.2 Å². The van der Waals surface area contributed by atoms with Gasteiger partial charge < -0.3 is 25.8 Å². The van der Waals surface area contributed by atoms with Crippen molar-refractivity contribution in [3.63, 3.8) is 0 Å². The molecule has 0 saturated heterocycles. The van der Waals surface area contributed by atoms with Gasteiger partial charge in [-0.3, -0.25) is 4.98 Å². The molecule has 0 saturated carbocycles. The Morgan fingerprint density at radius 2 is 1.60 bits per heavy atom. The first-order chi connectivity index (χ1) is 17.2. The molecule has 8 nitrogen and oxygen atoms in total. The highest BCUT2D eigenvalue weighted by atomic mass is 32.1. The second-order valence-corrected chi connectivity index (χ2v) is 8.75. The number of anilines is 3. The molecule has 3 aromatic heterocycles. The third-order valence-electron chi connectivity index (χ3n) is 5.70. The number of rotatable bonds is 4. The number of urea groups is 1. The number of carbonyl (C=O) groups excluding carboxylic acids is 1. The summed E-state index contributed by atoms with van der Waals surface area (Å²) in [6, 6.07) is 16.4. The average Bonchev–Trinajstić information content (AvgIpc) is 3.53. The molecular formula is C26H19N5O3S. The molecule has 4 N–H and O–H groups in total. The molecule has 0 fully saturated rings. The number of nitrogens with zero attached hydrogens (tertiary/aromatic N) is 2. The number of carbonyl (C=O) groups is 1. The monoisotopic (exact) mass is 481 g/mol. The summed E-state index contributed by atoms with van der Waals surface area (Å²) in [5.74, 6) is 1.76. The van der Waals surface area contributed by atoms with E-state index in [9.17, 15) is 4.79 Å². The van der Waals surface area contributed by atoms with Gasteiger partial charge in [-0.15, -0.1) is 11.3 Å². The Bertz CT molecular complexity index is 1550. The van der Waals surface area contributed by atoms with Gasteiger partial charge in [0.1, 0.15) is 5.82 Å². The number of aromatic nitrogens is 2. The van der Waals surface area contributed by atoms with E-state index in [1.807, 2.05) is 36.4 Å². The fourth-order valence-electron chi connectivity index (χ4n) is 4.02. The van der Waals surface area contributed by atoms with E-state index in [1.54, 1.807) is 48.1 Å². The molecule has 1 aliphatic rings. The maximum atomic E-state index is 12.5. The van der Waals surface area contributed by atoms with E-state index in [0.29, 0.717) is 28.7 Å². The fourth-order valence-corrected chi connectivity index (χ4v) is 5.14. The molecule has 0 spiro atoms. The van der Waals surface area contributed by atoms with Crippen molar-refractivity contribution in [2.24, 2.45) is 0 Å². The molecule has 0 aliphatic carbocycles. The Labute approximate surface area is 204 Å². The van der Waals surface area contributed by atoms with Crippen molar-refractivity contribution in [3.05, 3.63) is 78.6 Å². The molecule has 2 aromatic carbocycles. The van der Waals surface area contributed by atoms with Gasteiger partial charge in [0.15, 0.2) is 11.5 Å². The minimum absolute atomic E-state index is 0.184. The van der Waals surface area contributed by atoms with Gasteiger partial charge in [-0.05, 0) is 52.9 Å². The van der Waals surface area contributed by atoms with E-state index in [2.05, 4.69) is 26.0 Å². The highest BCUT2D eigenvalue weighted by Crippen LogP contribution is 2.41. The number of hydrogen-bond acceptors (Lipinski definition) is 7. The van der Waals surface area contributed by atoms with Crippen LogP contribution < -0.4 is 25.8 Å². The van der Waals surface area contributed by atoms with E-state index in [1.165, 1.54) is 0 Å². The van der Waals surface area contributed by atoms with Crippen LogP contribution >= 0.6 is 11.3 Å². The lowest BCUT2D eigenvalue weighted by Gasteiger charge is -2.09. The molecule has 0 unspecified atom stereocenters. The van der Waals surface area contributed by atoms with E-state index in [4.69, 9.17) is 15.2 Å². The summed E-state index contributed by atoms with van der Waals surface area (Å²) in [4.78, 5) is 21.0. The van der Waals surface area contributed by atoms with Crippen LogP contribution in [-0.4, -0.2) is 22.8 Å². The molecule has 4 heterocycles. The minimum atomic E-state index is -0.354. The average molecular weight is 482 g/mol. The number of pyridine rings is 2. The number of nitrogens with two attached hydrogens (primary N) is 1. The maximum absolute atomic E-state index is 12.5. The summed E-state index contributed by atoms with van der Waals surface area (Å²) in [5, 5.41) is 8.66. The lowest BCUT2D eigenvalue weighted by atomic mass is 10.0. The zero-order chi connectivity index (χ0) is 23.8. The second kappa shape index (κ2) is 8.62. The topological polar surface area (TPSA) is 111 Å². The summed E-state index contributed by atoms with van der Waals surface area (Å²) >= 11 is 1.63. The first-order valence-electron chi connectivity index (χ1n) is 10.8. The number of ether oxygens (including phenoxy) is 2. The van der Waals surface area contributed by atoms with Crippen LogP contribution in [0, 0.1) is 0 Å². The van der Waals surface area contributed by atoms with E-state index in [0.717, 1.165) is 32.3 Å². The quantitative estimate of drug-likeness (QED) is 0.291. The first kappa shape index (κ1) is 20.9. The number of nitrogens with one attached hydrogen (secondary N) is 2. The summed E-state index contributed by atoms with van der Waals surface area (Å²) in [6.07, 6.45) is 5.33.